The van der Waals surface area contributed by atoms with E-state index in [-0.39, 0.29) is 47.7 Å². The largest absolute Gasteiger partial charge is 0.506 e. The number of ether oxygens (including phenoxy) is 9. The summed E-state index contributed by atoms with van der Waals surface area (Å²) in [5.41, 5.74) is -1.20. The SMILES string of the molecule is COc1c2c(c(O)c3c4c(c(C)cc13)C1OC3(C5OCCCO5)OC1[C@@](O[C@H]1C[C@H](O)[C@@](O)([C@@H](C)O)C(C)O1)(O4)[C@@]31CO1)C(=O)CCC2. The summed E-state index contributed by atoms with van der Waals surface area (Å²) in [5.74, 6) is -3.14. The average Bonchev–Trinajstić information content (AvgIpc) is 3.72. The number of phenols is 1. The van der Waals surface area contributed by atoms with Gasteiger partial charge in [0.25, 0.3) is 11.6 Å². The quantitative estimate of drug-likeness (QED) is 0.337. The van der Waals surface area contributed by atoms with Gasteiger partial charge in [-0.2, -0.15) is 0 Å². The van der Waals surface area contributed by atoms with Crippen LogP contribution in [-0.2, 0) is 39.6 Å². The third kappa shape index (κ3) is 3.63. The molecule has 6 aliphatic heterocycles. The van der Waals surface area contributed by atoms with Crippen LogP contribution in [0.15, 0.2) is 6.07 Å². The molecule has 9 rings (SSSR count). The Balaban J connectivity index is 1.24. The van der Waals surface area contributed by atoms with Crippen LogP contribution in [0.3, 0.4) is 0 Å². The minimum absolute atomic E-state index is 0.0597. The van der Waals surface area contributed by atoms with Gasteiger partial charge in [0.15, 0.2) is 18.2 Å². The molecule has 2 aromatic rings. The maximum Gasteiger partial charge on any atom is 0.279 e. The summed E-state index contributed by atoms with van der Waals surface area (Å²) in [4.78, 5) is 13.3. The Labute approximate surface area is 275 Å². The third-order valence-electron chi connectivity index (χ3n) is 11.6. The highest BCUT2D eigenvalue weighted by Gasteiger charge is 2.94. The van der Waals surface area contributed by atoms with Crippen LogP contribution in [0.1, 0.15) is 72.7 Å². The molecule has 2 bridgehead atoms. The number of methoxy groups -OCH3 is 1. The summed E-state index contributed by atoms with van der Waals surface area (Å²) in [6.07, 6.45) is -5.77. The van der Waals surface area contributed by atoms with Crippen molar-refractivity contribution in [3.63, 3.8) is 0 Å². The van der Waals surface area contributed by atoms with E-state index >= 15 is 0 Å². The van der Waals surface area contributed by atoms with Crippen molar-refractivity contribution in [3.8, 4) is 17.2 Å². The Morgan fingerprint density at radius 3 is 2.54 bits per heavy atom. The molecule has 48 heavy (non-hydrogen) atoms. The summed E-state index contributed by atoms with van der Waals surface area (Å²) < 4.78 is 57.9. The number of ketones is 1. The lowest BCUT2D eigenvalue weighted by atomic mass is 9.77. The average molecular weight is 673 g/mol. The van der Waals surface area contributed by atoms with Gasteiger partial charge >= 0.3 is 0 Å². The second-order valence-corrected chi connectivity index (χ2v) is 14.1. The first-order valence-electron chi connectivity index (χ1n) is 16.7. The number of epoxide rings is 1. The van der Waals surface area contributed by atoms with Crippen LogP contribution >= 0.6 is 0 Å². The summed E-state index contributed by atoms with van der Waals surface area (Å²) in [6.45, 7) is 5.69. The molecule has 14 nitrogen and oxygen atoms in total. The van der Waals surface area contributed by atoms with Gasteiger partial charge in [-0.05, 0) is 51.7 Å². The lowest BCUT2D eigenvalue weighted by molar-refractivity contribution is -0.395. The number of phenolic OH excluding ortho intramolecular Hbond substituents is 1. The Morgan fingerprint density at radius 1 is 1.12 bits per heavy atom. The maximum atomic E-state index is 13.3. The molecule has 14 heteroatoms. The number of carbonyl (C=O) groups excluding carboxylic acids is 1. The van der Waals surface area contributed by atoms with Gasteiger partial charge in [0, 0.05) is 29.4 Å². The fourth-order valence-electron chi connectivity index (χ4n) is 9.11. The first-order chi connectivity index (χ1) is 22.9. The van der Waals surface area contributed by atoms with Gasteiger partial charge < -0.3 is 63.1 Å². The first kappa shape index (κ1) is 31.4. The topological polar surface area (TPSA) is 184 Å². The van der Waals surface area contributed by atoms with E-state index in [0.717, 1.165) is 5.56 Å². The van der Waals surface area contributed by atoms with Crippen LogP contribution in [-0.4, -0.2) is 113 Å². The van der Waals surface area contributed by atoms with E-state index in [2.05, 4.69) is 0 Å². The summed E-state index contributed by atoms with van der Waals surface area (Å²) >= 11 is 0. The highest BCUT2D eigenvalue weighted by molar-refractivity contribution is 6.11. The second kappa shape index (κ2) is 10.2. The van der Waals surface area contributed by atoms with Crippen LogP contribution in [0.2, 0.25) is 0 Å². The van der Waals surface area contributed by atoms with Gasteiger partial charge in [-0.3, -0.25) is 4.79 Å². The highest BCUT2D eigenvalue weighted by atomic mass is 16.9. The molecular formula is C34H40O14. The normalized spacial score (nSPS) is 42.1. The van der Waals surface area contributed by atoms with E-state index in [4.69, 9.17) is 42.6 Å². The number of aryl methyl sites for hydroxylation is 1. The minimum atomic E-state index is -1.95. The number of aliphatic hydroxyl groups is 3. The van der Waals surface area contributed by atoms with Crippen molar-refractivity contribution in [2.24, 2.45) is 0 Å². The summed E-state index contributed by atoms with van der Waals surface area (Å²) in [7, 11) is 1.54. The van der Waals surface area contributed by atoms with E-state index in [1.165, 1.54) is 14.0 Å². The number of hydrogen-bond acceptors (Lipinski definition) is 14. The molecule has 0 radical (unpaired) electrons. The van der Waals surface area contributed by atoms with Gasteiger partial charge in [-0.25, -0.2) is 0 Å². The zero-order valence-electron chi connectivity index (χ0n) is 27.1. The molecule has 0 aromatic heterocycles. The molecule has 5 fully saturated rings. The number of rotatable bonds is 5. The molecule has 2 aromatic carbocycles. The van der Waals surface area contributed by atoms with Crippen LogP contribution < -0.4 is 9.47 Å². The molecule has 1 spiro atoms. The van der Waals surface area contributed by atoms with Crippen LogP contribution in [0.4, 0.5) is 0 Å². The molecule has 260 valence electrons. The molecule has 0 amide bonds. The van der Waals surface area contributed by atoms with Crippen LogP contribution in [0, 0.1) is 6.92 Å². The zero-order valence-corrected chi connectivity index (χ0v) is 27.1. The van der Waals surface area contributed by atoms with Crippen molar-refractivity contribution >= 4 is 16.6 Å². The number of fused-ring (bicyclic) bond motifs is 8. The lowest BCUT2D eigenvalue weighted by Crippen LogP contribution is -2.72. The fourth-order valence-corrected chi connectivity index (χ4v) is 9.11. The third-order valence-corrected chi connectivity index (χ3v) is 11.6. The second-order valence-electron chi connectivity index (χ2n) is 14.1. The summed E-state index contributed by atoms with van der Waals surface area (Å²) in [6, 6.07) is 1.89. The van der Waals surface area contributed by atoms with Gasteiger partial charge in [0.1, 0.15) is 29.0 Å². The smallest absolute Gasteiger partial charge is 0.279 e. The van der Waals surface area contributed by atoms with Crippen molar-refractivity contribution in [1.29, 1.82) is 0 Å². The van der Waals surface area contributed by atoms with Crippen molar-refractivity contribution in [2.45, 2.75) is 119 Å². The van der Waals surface area contributed by atoms with E-state index in [1.807, 2.05) is 13.0 Å². The molecule has 4 N–H and O–H groups in total. The summed E-state index contributed by atoms with van der Waals surface area (Å²) in [5, 5.41) is 45.4. The minimum Gasteiger partial charge on any atom is -0.506 e. The Kier molecular flexibility index (Phi) is 6.68. The molecular weight excluding hydrogens is 632 g/mol. The van der Waals surface area contributed by atoms with Crippen LogP contribution in [0.5, 0.6) is 17.2 Å². The number of carbonyl (C=O) groups is 1. The molecule has 5 saturated heterocycles. The van der Waals surface area contributed by atoms with Gasteiger partial charge in [-0.1, -0.05) is 0 Å². The molecule has 0 saturated carbocycles. The standard InChI is InChI=1S/C34H40O14/c1-14-11-18-24(25(38)23-17(26(18)40-4)7-5-8-19(23)36)27-22(14)28-29-33(46-27,45-21-12-20(37)32(39,15(2)35)16(3)44-21)31(13-43-31)34(47-28,48-29)30-41-9-6-10-42-30/h11,15-16,20-21,28-30,35,37-39H,5-10,12-13H2,1-4H3/t15-,16?,20+,21+,28?,29?,31+,32-,33-,34?/m1/s1. The van der Waals surface area contributed by atoms with Crippen molar-refractivity contribution in [2.75, 3.05) is 26.9 Å². The Hall–Kier alpha value is -2.63. The van der Waals surface area contributed by atoms with Crippen molar-refractivity contribution in [1.82, 2.24) is 0 Å². The predicted molar refractivity (Wildman–Crippen MR) is 161 cm³/mol. The zero-order chi connectivity index (χ0) is 33.5. The number of Topliss-reactive ketones (excluding diaryl/α,β-unsaturated/α-hetero) is 1. The number of aliphatic hydroxyl groups excluding tert-OH is 2. The molecule has 10 atom stereocenters. The van der Waals surface area contributed by atoms with Crippen molar-refractivity contribution in [3.05, 3.63) is 28.3 Å². The van der Waals surface area contributed by atoms with E-state index in [9.17, 15) is 25.2 Å². The molecule has 6 heterocycles. The Morgan fingerprint density at radius 2 is 1.88 bits per heavy atom. The van der Waals surface area contributed by atoms with Gasteiger partial charge in [0.05, 0.1) is 56.2 Å². The molecule has 4 unspecified atom stereocenters. The highest BCUT2D eigenvalue weighted by Crippen LogP contribution is 2.72. The van der Waals surface area contributed by atoms with Crippen LogP contribution in [0.25, 0.3) is 10.8 Å². The number of aromatic hydroxyl groups is 1. The lowest BCUT2D eigenvalue weighted by Gasteiger charge is -2.53. The fraction of sp³-hybridized carbons (Fsp3) is 0.676. The van der Waals surface area contributed by atoms with E-state index in [1.54, 1.807) is 6.92 Å². The monoisotopic (exact) mass is 672 g/mol. The maximum absolute atomic E-state index is 13.3. The molecule has 1 aliphatic carbocycles. The Bertz CT molecular complexity index is 1700. The predicted octanol–water partition coefficient (Wildman–Crippen LogP) is 1.79. The van der Waals surface area contributed by atoms with Gasteiger partial charge in [0.2, 0.25) is 11.9 Å². The van der Waals surface area contributed by atoms with E-state index in [0.29, 0.717) is 54.7 Å². The number of hydrogen-bond donors (Lipinski definition) is 4. The first-order valence-corrected chi connectivity index (χ1v) is 16.7. The molecule has 7 aliphatic rings. The number of benzene rings is 2. The van der Waals surface area contributed by atoms with Gasteiger partial charge in [-0.15, -0.1) is 0 Å². The van der Waals surface area contributed by atoms with E-state index < -0.39 is 65.9 Å². The van der Waals surface area contributed by atoms with Crippen molar-refractivity contribution < 1.29 is 67.9 Å².